The van der Waals surface area contributed by atoms with Crippen LogP contribution in [0.2, 0.25) is 0 Å². The van der Waals surface area contributed by atoms with Crippen molar-refractivity contribution < 1.29 is 9.53 Å². The molecule has 0 aliphatic heterocycles. The fraction of sp³-hybridized carbons (Fsp3) is 0.231. The number of benzene rings is 1. The van der Waals surface area contributed by atoms with E-state index < -0.39 is 0 Å². The Morgan fingerprint density at radius 1 is 1.50 bits per heavy atom. The van der Waals surface area contributed by atoms with E-state index in [1.54, 1.807) is 13.3 Å². The molecule has 0 radical (unpaired) electrons. The van der Waals surface area contributed by atoms with Gasteiger partial charge in [0, 0.05) is 11.6 Å². The SMILES string of the molecule is CCc1ccc(OC)c(C(=O)Nc2nccs2)c1. The van der Waals surface area contributed by atoms with Crippen LogP contribution in [0.15, 0.2) is 29.8 Å². The molecular formula is C13H14N2O2S. The number of methoxy groups -OCH3 is 1. The summed E-state index contributed by atoms with van der Waals surface area (Å²) in [6.45, 7) is 2.05. The van der Waals surface area contributed by atoms with E-state index in [0.717, 1.165) is 12.0 Å². The zero-order valence-electron chi connectivity index (χ0n) is 10.3. The van der Waals surface area contributed by atoms with Gasteiger partial charge in [0.25, 0.3) is 5.91 Å². The molecule has 0 bridgehead atoms. The second-order valence-electron chi connectivity index (χ2n) is 3.68. The molecule has 0 atom stereocenters. The molecule has 5 heteroatoms. The van der Waals surface area contributed by atoms with Gasteiger partial charge in [0.1, 0.15) is 5.75 Å². The van der Waals surface area contributed by atoms with Gasteiger partial charge in [-0.05, 0) is 24.1 Å². The number of carbonyl (C=O) groups excluding carboxylic acids is 1. The summed E-state index contributed by atoms with van der Waals surface area (Å²) in [4.78, 5) is 16.2. The molecule has 1 aromatic carbocycles. The van der Waals surface area contributed by atoms with Crippen molar-refractivity contribution >= 4 is 22.4 Å². The maximum atomic E-state index is 12.1. The molecule has 1 aromatic heterocycles. The Balaban J connectivity index is 2.27. The molecule has 4 nitrogen and oxygen atoms in total. The number of aryl methyl sites for hydroxylation is 1. The predicted molar refractivity (Wildman–Crippen MR) is 72.4 cm³/mol. The first-order chi connectivity index (χ1) is 8.74. The molecule has 0 fully saturated rings. The van der Waals surface area contributed by atoms with Gasteiger partial charge in [-0.25, -0.2) is 4.98 Å². The summed E-state index contributed by atoms with van der Waals surface area (Å²) in [5, 5.41) is 5.15. The third-order valence-electron chi connectivity index (χ3n) is 2.57. The first-order valence-corrected chi connectivity index (χ1v) is 6.50. The lowest BCUT2D eigenvalue weighted by Crippen LogP contribution is -2.13. The molecule has 0 spiro atoms. The molecule has 1 heterocycles. The Morgan fingerprint density at radius 3 is 2.94 bits per heavy atom. The minimum atomic E-state index is -0.197. The lowest BCUT2D eigenvalue weighted by molar-refractivity contribution is 0.102. The Morgan fingerprint density at radius 2 is 2.33 bits per heavy atom. The van der Waals surface area contributed by atoms with E-state index in [0.29, 0.717) is 16.4 Å². The number of carbonyl (C=O) groups is 1. The Labute approximate surface area is 110 Å². The van der Waals surface area contributed by atoms with Crippen LogP contribution in [-0.2, 0) is 6.42 Å². The molecule has 2 aromatic rings. The normalized spacial score (nSPS) is 10.1. The molecule has 0 aliphatic rings. The number of nitrogens with zero attached hydrogens (tertiary/aromatic N) is 1. The Bertz CT molecular complexity index is 538. The van der Waals surface area contributed by atoms with Crippen LogP contribution in [0, 0.1) is 0 Å². The second kappa shape index (κ2) is 5.64. The third kappa shape index (κ3) is 2.68. The lowest BCUT2D eigenvalue weighted by atomic mass is 10.1. The molecular weight excluding hydrogens is 248 g/mol. The highest BCUT2D eigenvalue weighted by atomic mass is 32.1. The summed E-state index contributed by atoms with van der Waals surface area (Å²) in [5.41, 5.74) is 1.63. The van der Waals surface area contributed by atoms with Crippen LogP contribution in [0.5, 0.6) is 5.75 Å². The monoisotopic (exact) mass is 262 g/mol. The number of ether oxygens (including phenoxy) is 1. The summed E-state index contributed by atoms with van der Waals surface area (Å²) in [5.74, 6) is 0.373. The lowest BCUT2D eigenvalue weighted by Gasteiger charge is -2.09. The molecule has 2 rings (SSSR count). The molecule has 18 heavy (non-hydrogen) atoms. The molecule has 1 amide bonds. The molecule has 0 saturated heterocycles. The standard InChI is InChI=1S/C13H14N2O2S/c1-3-9-4-5-11(17-2)10(8-9)12(16)15-13-14-6-7-18-13/h4-8H,3H2,1-2H3,(H,14,15,16). The van der Waals surface area contributed by atoms with Crippen LogP contribution < -0.4 is 10.1 Å². The highest BCUT2D eigenvalue weighted by Crippen LogP contribution is 2.22. The average Bonchev–Trinajstić information content (AvgIpc) is 2.90. The van der Waals surface area contributed by atoms with E-state index >= 15 is 0 Å². The van der Waals surface area contributed by atoms with Crippen LogP contribution in [-0.4, -0.2) is 18.0 Å². The number of aromatic nitrogens is 1. The quantitative estimate of drug-likeness (QED) is 0.921. The largest absolute Gasteiger partial charge is 0.496 e. The maximum absolute atomic E-state index is 12.1. The maximum Gasteiger partial charge on any atom is 0.261 e. The smallest absolute Gasteiger partial charge is 0.261 e. The van der Waals surface area contributed by atoms with Crippen LogP contribution >= 0.6 is 11.3 Å². The zero-order chi connectivity index (χ0) is 13.0. The van der Waals surface area contributed by atoms with Crippen molar-refractivity contribution in [1.82, 2.24) is 4.98 Å². The molecule has 0 aliphatic carbocycles. The van der Waals surface area contributed by atoms with Gasteiger partial charge in [0.2, 0.25) is 0 Å². The Hall–Kier alpha value is -1.88. The zero-order valence-corrected chi connectivity index (χ0v) is 11.1. The van der Waals surface area contributed by atoms with Gasteiger partial charge in [-0.2, -0.15) is 0 Å². The highest BCUT2D eigenvalue weighted by molar-refractivity contribution is 7.13. The van der Waals surface area contributed by atoms with Gasteiger partial charge in [-0.1, -0.05) is 13.0 Å². The van der Waals surface area contributed by atoms with Crippen molar-refractivity contribution in [1.29, 1.82) is 0 Å². The van der Waals surface area contributed by atoms with Gasteiger partial charge >= 0.3 is 0 Å². The van der Waals surface area contributed by atoms with E-state index in [-0.39, 0.29) is 5.91 Å². The number of amides is 1. The van der Waals surface area contributed by atoms with Crippen molar-refractivity contribution in [3.8, 4) is 5.75 Å². The van der Waals surface area contributed by atoms with Gasteiger partial charge in [0.15, 0.2) is 5.13 Å². The summed E-state index contributed by atoms with van der Waals surface area (Å²) in [7, 11) is 1.56. The third-order valence-corrected chi connectivity index (χ3v) is 3.26. The fourth-order valence-electron chi connectivity index (χ4n) is 1.60. The average molecular weight is 262 g/mol. The fourth-order valence-corrected chi connectivity index (χ4v) is 2.13. The first kappa shape index (κ1) is 12.6. The molecule has 1 N–H and O–H groups in total. The van der Waals surface area contributed by atoms with Crippen molar-refractivity contribution in [2.24, 2.45) is 0 Å². The van der Waals surface area contributed by atoms with Crippen LogP contribution in [0.25, 0.3) is 0 Å². The van der Waals surface area contributed by atoms with Gasteiger partial charge in [-0.3, -0.25) is 10.1 Å². The molecule has 0 unspecified atom stereocenters. The summed E-state index contributed by atoms with van der Waals surface area (Å²) in [6.07, 6.45) is 2.53. The number of hydrogen-bond acceptors (Lipinski definition) is 4. The predicted octanol–water partition coefficient (Wildman–Crippen LogP) is 2.97. The van der Waals surface area contributed by atoms with E-state index in [4.69, 9.17) is 4.74 Å². The van der Waals surface area contributed by atoms with E-state index in [2.05, 4.69) is 10.3 Å². The van der Waals surface area contributed by atoms with Gasteiger partial charge < -0.3 is 4.74 Å². The van der Waals surface area contributed by atoms with Crippen LogP contribution in [0.4, 0.5) is 5.13 Å². The van der Waals surface area contributed by atoms with Gasteiger partial charge in [0.05, 0.1) is 12.7 Å². The number of thiazole rings is 1. The summed E-state index contributed by atoms with van der Waals surface area (Å²) >= 11 is 1.39. The summed E-state index contributed by atoms with van der Waals surface area (Å²) in [6, 6.07) is 5.62. The topological polar surface area (TPSA) is 51.2 Å². The van der Waals surface area contributed by atoms with Crippen molar-refractivity contribution in [2.75, 3.05) is 12.4 Å². The van der Waals surface area contributed by atoms with Crippen molar-refractivity contribution in [2.45, 2.75) is 13.3 Å². The minimum absolute atomic E-state index is 0.197. The number of rotatable bonds is 4. The van der Waals surface area contributed by atoms with E-state index in [1.165, 1.54) is 11.3 Å². The number of anilines is 1. The summed E-state index contributed by atoms with van der Waals surface area (Å²) < 4.78 is 5.21. The van der Waals surface area contributed by atoms with Gasteiger partial charge in [-0.15, -0.1) is 11.3 Å². The number of hydrogen-bond donors (Lipinski definition) is 1. The Kier molecular flexibility index (Phi) is 3.94. The first-order valence-electron chi connectivity index (χ1n) is 5.62. The molecule has 0 saturated carbocycles. The van der Waals surface area contributed by atoms with E-state index in [9.17, 15) is 4.79 Å². The van der Waals surface area contributed by atoms with Crippen LogP contribution in [0.3, 0.4) is 0 Å². The highest BCUT2D eigenvalue weighted by Gasteiger charge is 2.13. The number of nitrogens with one attached hydrogen (secondary N) is 1. The van der Waals surface area contributed by atoms with Crippen molar-refractivity contribution in [3.63, 3.8) is 0 Å². The van der Waals surface area contributed by atoms with Crippen molar-refractivity contribution in [3.05, 3.63) is 40.9 Å². The minimum Gasteiger partial charge on any atom is -0.496 e. The second-order valence-corrected chi connectivity index (χ2v) is 4.57. The van der Waals surface area contributed by atoms with Crippen LogP contribution in [0.1, 0.15) is 22.8 Å². The van der Waals surface area contributed by atoms with E-state index in [1.807, 2.05) is 30.5 Å². The molecule has 94 valence electrons.